The molecule has 0 aliphatic carbocycles. The molecule has 0 saturated carbocycles. The van der Waals surface area contributed by atoms with Gasteiger partial charge in [0.15, 0.2) is 0 Å². The minimum atomic E-state index is -0.243. The van der Waals surface area contributed by atoms with Crippen molar-refractivity contribution in [2.45, 2.75) is 39.5 Å². The molecular formula is C25H43N8OOs. The molecule has 3 aliphatic rings. The maximum Gasteiger partial charge on any atom is 1.00 e. The third-order valence-corrected chi connectivity index (χ3v) is 6.70. The normalized spacial score (nSPS) is 19.1. The summed E-state index contributed by atoms with van der Waals surface area (Å²) in [6.07, 6.45) is 12.5. The second-order valence-electron chi connectivity index (χ2n) is 8.93. The van der Waals surface area contributed by atoms with Gasteiger partial charge in [0, 0.05) is 64.5 Å². The molecule has 0 unspecified atom stereocenters. The number of methoxy groups -OCH3 is 1. The van der Waals surface area contributed by atoms with Crippen molar-refractivity contribution in [3.63, 3.8) is 0 Å². The number of nitrogens with one attached hydrogen (secondary N) is 1. The van der Waals surface area contributed by atoms with Crippen LogP contribution in [0.25, 0.3) is 5.41 Å². The van der Waals surface area contributed by atoms with E-state index in [0.717, 1.165) is 84.2 Å². The maximum absolute atomic E-state index is 9.94. The molecule has 4 rings (SSSR count). The monoisotopic (exact) mass is 663 g/mol. The molecule has 35 heavy (non-hydrogen) atoms. The fourth-order valence-electron chi connectivity index (χ4n) is 4.88. The molecule has 10 heteroatoms. The number of amidine groups is 1. The largest absolute Gasteiger partial charge is 1.00 e. The average molecular weight is 662 g/mol. The molecule has 3 fully saturated rings. The van der Waals surface area contributed by atoms with E-state index in [4.69, 9.17) is 15.5 Å². The third-order valence-electron chi connectivity index (χ3n) is 6.70. The Morgan fingerprint density at radius 3 is 2.43 bits per heavy atom. The van der Waals surface area contributed by atoms with Gasteiger partial charge < -0.3 is 35.9 Å². The topological polar surface area (TPSA) is 105 Å². The number of rotatable bonds is 7. The predicted octanol–water partition coefficient (Wildman–Crippen LogP) is 1.76. The molecule has 9 nitrogen and oxygen atoms in total. The fraction of sp³-hybridized carbons (Fsp3) is 0.720. The summed E-state index contributed by atoms with van der Waals surface area (Å²) in [4.78, 5) is 16.5. The second-order valence-corrected chi connectivity index (χ2v) is 8.93. The zero-order valence-corrected chi connectivity index (χ0v) is 24.2. The third kappa shape index (κ3) is 8.68. The Morgan fingerprint density at radius 2 is 1.80 bits per heavy atom. The molecular weight excluding hydrogens is 619 g/mol. The van der Waals surface area contributed by atoms with Gasteiger partial charge in [0.2, 0.25) is 5.95 Å². The van der Waals surface area contributed by atoms with Crippen LogP contribution in [0.15, 0.2) is 6.07 Å². The summed E-state index contributed by atoms with van der Waals surface area (Å²) in [6.45, 7) is 13.9. The summed E-state index contributed by atoms with van der Waals surface area (Å²) >= 11 is 0. The van der Waals surface area contributed by atoms with Gasteiger partial charge in [0.1, 0.15) is 5.82 Å². The van der Waals surface area contributed by atoms with Crippen LogP contribution in [0.5, 0.6) is 0 Å². The van der Waals surface area contributed by atoms with Gasteiger partial charge in [-0.1, -0.05) is 13.8 Å². The van der Waals surface area contributed by atoms with E-state index in [9.17, 15) is 5.41 Å². The van der Waals surface area contributed by atoms with Crippen LogP contribution in [0.4, 0.5) is 11.8 Å². The Morgan fingerprint density at radius 1 is 1.11 bits per heavy atom. The van der Waals surface area contributed by atoms with Crippen LogP contribution in [0.2, 0.25) is 0 Å². The van der Waals surface area contributed by atoms with E-state index in [1.807, 2.05) is 19.9 Å². The van der Waals surface area contributed by atoms with Crippen molar-refractivity contribution in [1.29, 1.82) is 0 Å². The van der Waals surface area contributed by atoms with E-state index < -0.39 is 0 Å². The first kappa shape index (κ1) is 31.3. The Balaban J connectivity index is 0.00000117. The van der Waals surface area contributed by atoms with E-state index in [-0.39, 0.29) is 25.6 Å². The minimum absolute atomic E-state index is 0. The quantitative estimate of drug-likeness (QED) is 0.197. The van der Waals surface area contributed by atoms with Gasteiger partial charge in [-0.3, -0.25) is 0 Å². The number of aromatic nitrogens is 2. The molecule has 4 heterocycles. The van der Waals surface area contributed by atoms with Gasteiger partial charge in [0.05, 0.1) is 5.69 Å². The first-order chi connectivity index (χ1) is 16.6. The summed E-state index contributed by atoms with van der Waals surface area (Å²) in [6, 6.07) is 1.82. The molecule has 1 radical (unpaired) electrons. The Bertz CT molecular complexity index is 776. The minimum Gasteiger partial charge on any atom is -0.493 e. The summed E-state index contributed by atoms with van der Waals surface area (Å²) in [5.41, 5.74) is 6.55. The molecule has 1 aromatic heterocycles. The molecule has 3 aliphatic heterocycles. The fourth-order valence-corrected chi connectivity index (χ4v) is 4.88. The van der Waals surface area contributed by atoms with Crippen LogP contribution in [-0.2, 0) is 24.5 Å². The molecule has 0 bridgehead atoms. The number of anilines is 2. The number of ether oxygens (including phenoxy) is 1. The summed E-state index contributed by atoms with van der Waals surface area (Å²) in [7, 11) is 1.75. The molecule has 1 spiro atoms. The van der Waals surface area contributed by atoms with Crippen molar-refractivity contribution in [2.24, 2.45) is 11.1 Å². The van der Waals surface area contributed by atoms with Crippen LogP contribution < -0.4 is 20.9 Å². The average Bonchev–Trinajstić information content (AvgIpc) is 3.11. The number of hydrogen-bond acceptors (Lipinski definition) is 7. The number of hydrogen-bond donors (Lipinski definition) is 2. The predicted molar refractivity (Wildman–Crippen MR) is 141 cm³/mol. The smallest absolute Gasteiger partial charge is 0.493 e. The van der Waals surface area contributed by atoms with E-state index in [1.165, 1.54) is 12.8 Å². The van der Waals surface area contributed by atoms with Crippen molar-refractivity contribution in [2.75, 3.05) is 82.4 Å². The van der Waals surface area contributed by atoms with Gasteiger partial charge in [-0.15, -0.1) is 12.8 Å². The van der Waals surface area contributed by atoms with Crippen LogP contribution in [0.3, 0.4) is 0 Å². The second kappa shape index (κ2) is 16.1. The first-order valence-electron chi connectivity index (χ1n) is 12.5. The number of nitrogens with two attached hydrogens (primary N) is 1. The number of terminal acetylenes is 1. The maximum atomic E-state index is 9.94. The number of piperidine rings is 1. The van der Waals surface area contributed by atoms with Crippen molar-refractivity contribution < 1.29 is 24.5 Å². The van der Waals surface area contributed by atoms with Gasteiger partial charge in [-0.05, 0) is 51.2 Å². The molecule has 0 atom stereocenters. The summed E-state index contributed by atoms with van der Waals surface area (Å²) in [5.74, 6) is 1.30. The van der Waals surface area contributed by atoms with Crippen LogP contribution in [-0.4, -0.2) is 93.3 Å². The van der Waals surface area contributed by atoms with E-state index >= 15 is 0 Å². The van der Waals surface area contributed by atoms with Crippen molar-refractivity contribution >= 4 is 17.6 Å². The zero-order chi connectivity index (χ0) is 25.0. The van der Waals surface area contributed by atoms with Gasteiger partial charge in [0.25, 0.3) is 0 Å². The Labute approximate surface area is 225 Å². The Hall–Kier alpha value is -1.77. The van der Waals surface area contributed by atoms with Crippen LogP contribution >= 0.6 is 0 Å². The van der Waals surface area contributed by atoms with Gasteiger partial charge >= 0.3 is 19.8 Å². The van der Waals surface area contributed by atoms with E-state index in [2.05, 4.69) is 37.8 Å². The van der Waals surface area contributed by atoms with Gasteiger partial charge in [-0.2, -0.15) is 4.98 Å². The molecule has 197 valence electrons. The van der Waals surface area contributed by atoms with E-state index in [1.54, 1.807) is 7.11 Å². The summed E-state index contributed by atoms with van der Waals surface area (Å²) < 4.78 is 5.18. The summed E-state index contributed by atoms with van der Waals surface area (Å²) in [5, 5.41) is 13.4. The van der Waals surface area contributed by atoms with E-state index in [0.29, 0.717) is 17.1 Å². The SMILES string of the molecule is C#C.CC.COCCCN1CCCN(c2nc(C(=[N-])N)cc(N3CC4(CCNCC4)C3)n2)CC1.[Os+]. The van der Waals surface area contributed by atoms with Gasteiger partial charge in [-0.25, -0.2) is 4.98 Å². The van der Waals surface area contributed by atoms with Crippen molar-refractivity contribution in [3.05, 3.63) is 17.2 Å². The van der Waals surface area contributed by atoms with Crippen LogP contribution in [0.1, 0.15) is 45.2 Å². The standard InChI is InChI=1S/C21H35N8O.C2H6.C2H2.Os/c1-30-13-3-9-27-8-2-10-28(12-11-27)20-25-17(19(22)23)14-18(26-20)29-15-21(16-29)4-6-24-7-5-21;2*1-2;/h14,24H,2-13,15-16H2,1H3,(H2-,22,23);1-2H3;1-2H;/q-1;;;+1. The first-order valence-corrected chi connectivity index (χ1v) is 12.5. The van der Waals surface area contributed by atoms with Crippen molar-refractivity contribution in [3.8, 4) is 12.8 Å². The number of nitrogens with zero attached hydrogens (tertiary/aromatic N) is 6. The van der Waals surface area contributed by atoms with Crippen LogP contribution in [0, 0.1) is 18.3 Å². The molecule has 0 aromatic carbocycles. The molecule has 3 N–H and O–H groups in total. The van der Waals surface area contributed by atoms with Crippen molar-refractivity contribution in [1.82, 2.24) is 20.2 Å². The molecule has 0 amide bonds. The molecule has 3 saturated heterocycles. The Kier molecular flexibility index (Phi) is 14.3. The zero-order valence-electron chi connectivity index (χ0n) is 21.7. The molecule has 1 aromatic rings.